The Morgan fingerprint density at radius 2 is 1.76 bits per heavy atom. The Balaban J connectivity index is 1.89. The number of nitro groups is 1. The van der Waals surface area contributed by atoms with E-state index in [0.717, 1.165) is 14.7 Å². The molecule has 1 heterocycles. The van der Waals surface area contributed by atoms with E-state index in [4.69, 9.17) is 10.5 Å². The highest BCUT2D eigenvalue weighted by Crippen LogP contribution is 2.21. The standard InChI is InChI=1S/C22H20N4O7/c1-13-15(9-6-10-16(13)26(31)32)21(29)33-12-17(27)18-19(23)25(22(30)24(2)20(18)28)11-14-7-4-3-5-8-14/h3-10H,11-12,23H2,1-2H3. The van der Waals surface area contributed by atoms with Gasteiger partial charge in [0.15, 0.2) is 6.61 Å². The van der Waals surface area contributed by atoms with Crippen LogP contribution in [-0.4, -0.2) is 32.4 Å². The molecule has 0 aliphatic heterocycles. The monoisotopic (exact) mass is 452 g/mol. The summed E-state index contributed by atoms with van der Waals surface area (Å²) in [5.41, 5.74) is 4.32. The number of benzene rings is 2. The van der Waals surface area contributed by atoms with Gasteiger partial charge in [-0.2, -0.15) is 0 Å². The van der Waals surface area contributed by atoms with Crippen LogP contribution in [0, 0.1) is 17.0 Å². The molecule has 0 radical (unpaired) electrons. The van der Waals surface area contributed by atoms with Crippen molar-refractivity contribution in [2.24, 2.45) is 7.05 Å². The van der Waals surface area contributed by atoms with Crippen molar-refractivity contribution in [3.05, 3.63) is 102 Å². The van der Waals surface area contributed by atoms with Gasteiger partial charge in [-0.25, -0.2) is 9.59 Å². The first kappa shape index (κ1) is 23.1. The molecule has 0 aliphatic rings. The number of aromatic nitrogens is 2. The largest absolute Gasteiger partial charge is 0.454 e. The van der Waals surface area contributed by atoms with Crippen LogP contribution in [0.5, 0.6) is 0 Å². The number of ketones is 1. The van der Waals surface area contributed by atoms with Crippen LogP contribution in [0.3, 0.4) is 0 Å². The average molecular weight is 452 g/mol. The smallest absolute Gasteiger partial charge is 0.339 e. The Morgan fingerprint density at radius 3 is 2.39 bits per heavy atom. The minimum Gasteiger partial charge on any atom is -0.454 e. The first-order valence-electron chi connectivity index (χ1n) is 9.71. The lowest BCUT2D eigenvalue weighted by atomic mass is 10.1. The Morgan fingerprint density at radius 1 is 1.09 bits per heavy atom. The van der Waals surface area contributed by atoms with E-state index in [1.165, 1.54) is 32.2 Å². The summed E-state index contributed by atoms with van der Waals surface area (Å²) in [7, 11) is 1.21. The number of esters is 1. The van der Waals surface area contributed by atoms with Crippen molar-refractivity contribution >= 4 is 23.3 Å². The molecule has 0 spiro atoms. The second-order valence-corrected chi connectivity index (χ2v) is 7.18. The molecule has 33 heavy (non-hydrogen) atoms. The predicted molar refractivity (Wildman–Crippen MR) is 118 cm³/mol. The third-order valence-corrected chi connectivity index (χ3v) is 5.10. The number of carbonyl (C=O) groups excluding carboxylic acids is 2. The predicted octanol–water partition coefficient (Wildman–Crippen LogP) is 1.43. The lowest BCUT2D eigenvalue weighted by Gasteiger charge is -2.15. The maximum absolute atomic E-state index is 12.8. The summed E-state index contributed by atoms with van der Waals surface area (Å²) in [5.74, 6) is -2.23. The van der Waals surface area contributed by atoms with Gasteiger partial charge in [-0.15, -0.1) is 0 Å². The fourth-order valence-corrected chi connectivity index (χ4v) is 3.29. The summed E-state index contributed by atoms with van der Waals surface area (Å²) >= 11 is 0. The number of nitrogens with zero attached hydrogens (tertiary/aromatic N) is 3. The van der Waals surface area contributed by atoms with Crippen molar-refractivity contribution < 1.29 is 19.2 Å². The molecule has 11 nitrogen and oxygen atoms in total. The average Bonchev–Trinajstić information content (AvgIpc) is 2.79. The van der Waals surface area contributed by atoms with Gasteiger partial charge in [-0.1, -0.05) is 36.4 Å². The second kappa shape index (κ2) is 9.30. The van der Waals surface area contributed by atoms with E-state index < -0.39 is 40.1 Å². The SMILES string of the molecule is Cc1c(C(=O)OCC(=O)c2c(N)n(Cc3ccccc3)c(=O)n(C)c2=O)cccc1[N+](=O)[O-]. The zero-order chi connectivity index (χ0) is 24.3. The quantitative estimate of drug-likeness (QED) is 0.244. The van der Waals surface area contributed by atoms with Gasteiger partial charge in [-0.05, 0) is 18.6 Å². The normalized spacial score (nSPS) is 10.6. The summed E-state index contributed by atoms with van der Waals surface area (Å²) in [6, 6.07) is 12.7. The lowest BCUT2D eigenvalue weighted by Crippen LogP contribution is -2.43. The minimum atomic E-state index is -0.974. The lowest BCUT2D eigenvalue weighted by molar-refractivity contribution is -0.385. The van der Waals surface area contributed by atoms with E-state index in [1.54, 1.807) is 30.3 Å². The van der Waals surface area contributed by atoms with Crippen LogP contribution in [0.15, 0.2) is 58.1 Å². The van der Waals surface area contributed by atoms with Crippen LogP contribution >= 0.6 is 0 Å². The fourth-order valence-electron chi connectivity index (χ4n) is 3.29. The highest BCUT2D eigenvalue weighted by atomic mass is 16.6. The van der Waals surface area contributed by atoms with Crippen LogP contribution < -0.4 is 17.0 Å². The van der Waals surface area contributed by atoms with Crippen LogP contribution in [0.4, 0.5) is 11.5 Å². The van der Waals surface area contributed by atoms with Gasteiger partial charge < -0.3 is 10.5 Å². The molecule has 0 fully saturated rings. The third kappa shape index (κ3) is 4.56. The maximum Gasteiger partial charge on any atom is 0.339 e. The number of nitrogens with two attached hydrogens (primary N) is 1. The molecule has 3 aromatic rings. The Bertz CT molecular complexity index is 1370. The minimum absolute atomic E-state index is 0.0204. The van der Waals surface area contributed by atoms with E-state index in [9.17, 15) is 29.3 Å². The molecule has 0 saturated heterocycles. The Kier molecular flexibility index (Phi) is 6.52. The number of anilines is 1. The summed E-state index contributed by atoms with van der Waals surface area (Å²) in [4.78, 5) is 60.7. The molecule has 0 amide bonds. The number of Topliss-reactive ketones (excluding diaryl/α,β-unsaturated/α-hetero) is 1. The van der Waals surface area contributed by atoms with Crippen LogP contribution in [-0.2, 0) is 18.3 Å². The van der Waals surface area contributed by atoms with Gasteiger partial charge in [0, 0.05) is 18.7 Å². The van der Waals surface area contributed by atoms with Gasteiger partial charge in [0.25, 0.3) is 11.2 Å². The molecule has 3 rings (SSSR count). The molecule has 0 saturated carbocycles. The summed E-state index contributed by atoms with van der Waals surface area (Å²) in [6.45, 7) is 0.556. The van der Waals surface area contributed by atoms with Gasteiger partial charge in [-0.3, -0.25) is 28.8 Å². The fraction of sp³-hybridized carbons (Fsp3) is 0.182. The first-order valence-corrected chi connectivity index (χ1v) is 9.71. The molecule has 170 valence electrons. The van der Waals surface area contributed by atoms with Crippen molar-refractivity contribution in [3.63, 3.8) is 0 Å². The highest BCUT2D eigenvalue weighted by Gasteiger charge is 2.24. The van der Waals surface area contributed by atoms with Crippen LogP contribution in [0.1, 0.15) is 31.8 Å². The van der Waals surface area contributed by atoms with Crippen molar-refractivity contribution in [1.29, 1.82) is 0 Å². The summed E-state index contributed by atoms with van der Waals surface area (Å²) in [5, 5.41) is 11.1. The van der Waals surface area contributed by atoms with Crippen molar-refractivity contribution in [2.75, 3.05) is 12.3 Å². The highest BCUT2D eigenvalue weighted by molar-refractivity contribution is 6.02. The third-order valence-electron chi connectivity index (χ3n) is 5.10. The number of nitrogen functional groups attached to an aromatic ring is 1. The Hall–Kier alpha value is -4.54. The van der Waals surface area contributed by atoms with E-state index in [-0.39, 0.29) is 29.2 Å². The molecule has 2 N–H and O–H groups in total. The summed E-state index contributed by atoms with van der Waals surface area (Å²) in [6.07, 6.45) is 0. The zero-order valence-corrected chi connectivity index (χ0v) is 17.8. The molecule has 11 heteroatoms. The first-order chi connectivity index (χ1) is 15.6. The topological polar surface area (TPSA) is 157 Å². The molecule has 0 unspecified atom stereocenters. The number of ether oxygens (including phenoxy) is 1. The second-order valence-electron chi connectivity index (χ2n) is 7.18. The maximum atomic E-state index is 12.8. The van der Waals surface area contributed by atoms with Crippen molar-refractivity contribution in [3.8, 4) is 0 Å². The van der Waals surface area contributed by atoms with E-state index in [0.29, 0.717) is 0 Å². The molecule has 0 atom stereocenters. The molecule has 0 bridgehead atoms. The van der Waals surface area contributed by atoms with Gasteiger partial charge in [0.2, 0.25) is 5.78 Å². The number of carbonyl (C=O) groups is 2. The zero-order valence-electron chi connectivity index (χ0n) is 17.8. The molecular formula is C22H20N4O7. The number of hydrogen-bond donors (Lipinski definition) is 1. The number of rotatable bonds is 7. The van der Waals surface area contributed by atoms with E-state index in [1.807, 2.05) is 0 Å². The van der Waals surface area contributed by atoms with Crippen molar-refractivity contribution in [1.82, 2.24) is 9.13 Å². The van der Waals surface area contributed by atoms with Gasteiger partial charge >= 0.3 is 11.7 Å². The van der Waals surface area contributed by atoms with E-state index in [2.05, 4.69) is 0 Å². The van der Waals surface area contributed by atoms with Gasteiger partial charge in [0.05, 0.1) is 17.0 Å². The number of nitro benzene ring substituents is 1. The Labute approximate surface area is 186 Å². The van der Waals surface area contributed by atoms with Crippen LogP contribution in [0.25, 0.3) is 0 Å². The van der Waals surface area contributed by atoms with Gasteiger partial charge in [0.1, 0.15) is 11.4 Å². The van der Waals surface area contributed by atoms with Crippen molar-refractivity contribution in [2.45, 2.75) is 13.5 Å². The summed E-state index contributed by atoms with van der Waals surface area (Å²) < 4.78 is 6.82. The van der Waals surface area contributed by atoms with Crippen LogP contribution in [0.2, 0.25) is 0 Å². The van der Waals surface area contributed by atoms with E-state index >= 15 is 0 Å². The molecule has 0 aliphatic carbocycles. The molecular weight excluding hydrogens is 432 g/mol. The molecule has 2 aromatic carbocycles. The molecule has 1 aromatic heterocycles. The number of hydrogen-bond acceptors (Lipinski definition) is 8.